The first-order chi connectivity index (χ1) is 8.74. The van der Waals surface area contributed by atoms with Crippen LogP contribution in [0, 0.1) is 0 Å². The highest BCUT2D eigenvalue weighted by atomic mass is 16.3. The number of aromatic hydroxyl groups is 1. The minimum absolute atomic E-state index is 0.137. The maximum atomic E-state index is 11.6. The van der Waals surface area contributed by atoms with Gasteiger partial charge in [-0.05, 0) is 37.8 Å². The number of phenolic OH excluding ortho intramolecular Hbond substituents is 1. The predicted molar refractivity (Wildman–Crippen MR) is 71.4 cm³/mol. The molecule has 0 spiro atoms. The van der Waals surface area contributed by atoms with E-state index in [4.69, 9.17) is 0 Å². The van der Waals surface area contributed by atoms with Crippen molar-refractivity contribution in [2.75, 3.05) is 5.32 Å². The van der Waals surface area contributed by atoms with Crippen molar-refractivity contribution in [3.8, 4) is 5.75 Å². The van der Waals surface area contributed by atoms with E-state index in [-0.39, 0.29) is 11.8 Å². The van der Waals surface area contributed by atoms with Crippen molar-refractivity contribution >= 4 is 11.7 Å². The zero-order valence-corrected chi connectivity index (χ0v) is 10.3. The lowest BCUT2D eigenvalue weighted by Gasteiger charge is -2.13. The third-order valence-corrected chi connectivity index (χ3v) is 3.01. The predicted octanol–water partition coefficient (Wildman–Crippen LogP) is 3.36. The minimum atomic E-state index is -0.279. The van der Waals surface area contributed by atoms with Crippen molar-refractivity contribution in [2.45, 2.75) is 32.1 Å². The average molecular weight is 246 g/mol. The molecule has 96 valence electrons. The van der Waals surface area contributed by atoms with Crippen LogP contribution in [0.25, 0.3) is 0 Å². The highest BCUT2D eigenvalue weighted by Crippen LogP contribution is 2.21. The lowest BCUT2D eigenvalue weighted by molar-refractivity contribution is 0.255. The van der Waals surface area contributed by atoms with Gasteiger partial charge in [-0.1, -0.05) is 18.1 Å². The van der Waals surface area contributed by atoms with Gasteiger partial charge in [0.1, 0.15) is 5.75 Å². The van der Waals surface area contributed by atoms with Crippen LogP contribution >= 0.6 is 0 Å². The Morgan fingerprint density at radius 1 is 1.22 bits per heavy atom. The van der Waals surface area contributed by atoms with Gasteiger partial charge in [0.15, 0.2) is 0 Å². The summed E-state index contributed by atoms with van der Waals surface area (Å²) in [6.45, 7) is 0. The second kappa shape index (κ2) is 6.10. The summed E-state index contributed by atoms with van der Waals surface area (Å²) in [4.78, 5) is 11.6. The van der Waals surface area contributed by atoms with E-state index < -0.39 is 0 Å². The number of rotatable bonds is 2. The number of nitrogens with one attached hydrogen (secondary N) is 2. The largest absolute Gasteiger partial charge is 0.508 e. The fourth-order valence-electron chi connectivity index (χ4n) is 2.07. The van der Waals surface area contributed by atoms with Crippen LogP contribution in [0.3, 0.4) is 0 Å². The van der Waals surface area contributed by atoms with Gasteiger partial charge >= 0.3 is 6.03 Å². The molecule has 0 aromatic heterocycles. The van der Waals surface area contributed by atoms with Crippen LogP contribution in [-0.2, 0) is 0 Å². The number of allylic oxidation sites excluding steroid dienone is 1. The summed E-state index contributed by atoms with van der Waals surface area (Å²) in [7, 11) is 0. The molecule has 0 aliphatic heterocycles. The molecule has 0 radical (unpaired) electrons. The molecule has 18 heavy (non-hydrogen) atoms. The van der Waals surface area contributed by atoms with E-state index in [1.165, 1.54) is 30.9 Å². The summed E-state index contributed by atoms with van der Waals surface area (Å²) in [5.41, 5.74) is 1.88. The number of carbonyl (C=O) groups is 1. The lowest BCUT2D eigenvalue weighted by Crippen LogP contribution is -2.24. The first-order valence-electron chi connectivity index (χ1n) is 6.28. The Balaban J connectivity index is 1.85. The van der Waals surface area contributed by atoms with E-state index in [1.807, 2.05) is 0 Å². The number of amides is 2. The molecule has 0 bridgehead atoms. The maximum absolute atomic E-state index is 11.6. The van der Waals surface area contributed by atoms with Gasteiger partial charge in [-0.2, -0.15) is 0 Å². The number of hydrogen-bond donors (Lipinski definition) is 3. The number of anilines is 1. The number of urea groups is 1. The summed E-state index contributed by atoms with van der Waals surface area (Å²) >= 11 is 0. The van der Waals surface area contributed by atoms with Gasteiger partial charge in [0.2, 0.25) is 0 Å². The van der Waals surface area contributed by atoms with E-state index in [1.54, 1.807) is 24.4 Å². The number of phenols is 1. The normalized spacial score (nSPS) is 15.0. The first kappa shape index (κ1) is 12.5. The Kier molecular flexibility index (Phi) is 4.23. The second-order valence-electron chi connectivity index (χ2n) is 4.51. The van der Waals surface area contributed by atoms with Crippen molar-refractivity contribution in [1.29, 1.82) is 0 Å². The van der Waals surface area contributed by atoms with Crippen LogP contribution in [-0.4, -0.2) is 11.1 Å². The summed E-state index contributed by atoms with van der Waals surface area (Å²) in [6.07, 6.45) is 7.66. The summed E-state index contributed by atoms with van der Waals surface area (Å²) < 4.78 is 0. The van der Waals surface area contributed by atoms with Crippen molar-refractivity contribution < 1.29 is 9.90 Å². The summed E-state index contributed by atoms with van der Waals surface area (Å²) in [5.74, 6) is 0.137. The molecule has 0 atom stereocenters. The van der Waals surface area contributed by atoms with E-state index in [0.717, 1.165) is 12.8 Å². The molecule has 2 rings (SSSR count). The number of benzene rings is 1. The lowest BCUT2D eigenvalue weighted by atomic mass is 9.96. The Bertz CT molecular complexity index is 447. The topological polar surface area (TPSA) is 61.4 Å². The zero-order valence-electron chi connectivity index (χ0n) is 10.3. The number of hydrogen-bond acceptors (Lipinski definition) is 2. The Hall–Kier alpha value is -1.97. The van der Waals surface area contributed by atoms with Crippen molar-refractivity contribution in [2.24, 2.45) is 0 Å². The molecule has 1 saturated carbocycles. The molecule has 4 nitrogen and oxygen atoms in total. The van der Waals surface area contributed by atoms with Gasteiger partial charge in [0.05, 0.1) is 0 Å². The fourth-order valence-corrected chi connectivity index (χ4v) is 2.07. The van der Waals surface area contributed by atoms with Crippen molar-refractivity contribution in [1.82, 2.24) is 5.32 Å². The Labute approximate surface area is 107 Å². The molecule has 4 heteroatoms. The third kappa shape index (κ3) is 3.80. The first-order valence-corrected chi connectivity index (χ1v) is 6.28. The molecule has 1 aromatic carbocycles. The van der Waals surface area contributed by atoms with Gasteiger partial charge in [0.25, 0.3) is 0 Å². The third-order valence-electron chi connectivity index (χ3n) is 3.01. The molecule has 1 fully saturated rings. The second-order valence-corrected chi connectivity index (χ2v) is 4.51. The van der Waals surface area contributed by atoms with Gasteiger partial charge in [-0.25, -0.2) is 4.79 Å². The van der Waals surface area contributed by atoms with Crippen molar-refractivity contribution in [3.05, 3.63) is 36.0 Å². The van der Waals surface area contributed by atoms with Gasteiger partial charge in [-0.15, -0.1) is 0 Å². The molecule has 3 N–H and O–H groups in total. The SMILES string of the molecule is O=C(NC=C1CCCCC1)Nc1cccc(O)c1. The van der Waals surface area contributed by atoms with E-state index in [9.17, 15) is 9.90 Å². The highest BCUT2D eigenvalue weighted by molar-refractivity contribution is 5.90. The van der Waals surface area contributed by atoms with E-state index in [2.05, 4.69) is 10.6 Å². The van der Waals surface area contributed by atoms with Crippen LogP contribution < -0.4 is 10.6 Å². The van der Waals surface area contributed by atoms with Crippen LogP contribution in [0.4, 0.5) is 10.5 Å². The molecule has 0 heterocycles. The fraction of sp³-hybridized carbons (Fsp3) is 0.357. The molecule has 1 aromatic rings. The Morgan fingerprint density at radius 2 is 2.00 bits per heavy atom. The number of carbonyl (C=O) groups excluding carboxylic acids is 1. The Morgan fingerprint density at radius 3 is 2.72 bits per heavy atom. The maximum Gasteiger partial charge on any atom is 0.323 e. The van der Waals surface area contributed by atoms with Gasteiger partial charge in [0, 0.05) is 18.0 Å². The summed E-state index contributed by atoms with van der Waals surface area (Å²) in [5, 5.41) is 14.7. The molecule has 0 saturated heterocycles. The van der Waals surface area contributed by atoms with Gasteiger partial charge < -0.3 is 15.7 Å². The van der Waals surface area contributed by atoms with Crippen LogP contribution in [0.5, 0.6) is 5.75 Å². The smallest absolute Gasteiger partial charge is 0.323 e. The average Bonchev–Trinajstić information content (AvgIpc) is 2.38. The summed E-state index contributed by atoms with van der Waals surface area (Å²) in [6, 6.07) is 6.21. The molecular weight excluding hydrogens is 228 g/mol. The quantitative estimate of drug-likeness (QED) is 0.749. The van der Waals surface area contributed by atoms with Crippen LogP contribution in [0.1, 0.15) is 32.1 Å². The molecular formula is C14H18N2O2. The molecule has 0 unspecified atom stereocenters. The molecule has 1 aliphatic rings. The van der Waals surface area contributed by atoms with E-state index in [0.29, 0.717) is 5.69 Å². The monoisotopic (exact) mass is 246 g/mol. The highest BCUT2D eigenvalue weighted by Gasteiger charge is 2.06. The van der Waals surface area contributed by atoms with E-state index >= 15 is 0 Å². The van der Waals surface area contributed by atoms with Crippen molar-refractivity contribution in [3.63, 3.8) is 0 Å². The minimum Gasteiger partial charge on any atom is -0.508 e. The molecule has 2 amide bonds. The van der Waals surface area contributed by atoms with Crippen LogP contribution in [0.2, 0.25) is 0 Å². The van der Waals surface area contributed by atoms with Crippen LogP contribution in [0.15, 0.2) is 36.0 Å². The zero-order chi connectivity index (χ0) is 12.8. The standard InChI is InChI=1S/C14H18N2O2/c17-13-8-4-7-12(9-13)16-14(18)15-10-11-5-2-1-3-6-11/h4,7-10,17H,1-3,5-6H2,(H2,15,16,18). The van der Waals surface area contributed by atoms with Gasteiger partial charge in [-0.3, -0.25) is 0 Å². The molecule has 1 aliphatic carbocycles.